The van der Waals surface area contributed by atoms with Gasteiger partial charge >= 0.3 is 12.0 Å². The van der Waals surface area contributed by atoms with Crippen LogP contribution in [-0.4, -0.2) is 34.4 Å². The second kappa shape index (κ2) is 6.92. The number of rotatable bonds is 5. The average Bonchev–Trinajstić information content (AvgIpc) is 2.30. The van der Waals surface area contributed by atoms with E-state index >= 15 is 0 Å². The van der Waals surface area contributed by atoms with Gasteiger partial charge in [0.25, 0.3) is 0 Å². The standard InChI is InChI=1S/C12H14BrClN2O4/c1-12(20,5-10(17)18)6-15-11(19)16-9-4-7(14)2-3-8(9)13/h2-4,20H,5-6H2,1H3,(H,17,18)(H2,15,16,19). The minimum atomic E-state index is -1.52. The normalized spacial score (nSPS) is 13.4. The van der Waals surface area contributed by atoms with E-state index < -0.39 is 24.0 Å². The maximum Gasteiger partial charge on any atom is 0.319 e. The van der Waals surface area contributed by atoms with Crippen LogP contribution in [0.25, 0.3) is 0 Å². The number of aliphatic carboxylic acids is 1. The van der Waals surface area contributed by atoms with Crippen LogP contribution in [0.1, 0.15) is 13.3 Å². The van der Waals surface area contributed by atoms with Gasteiger partial charge in [0.1, 0.15) is 0 Å². The zero-order valence-electron chi connectivity index (χ0n) is 10.6. The Balaban J connectivity index is 2.56. The van der Waals surface area contributed by atoms with E-state index in [2.05, 4.69) is 26.6 Å². The van der Waals surface area contributed by atoms with Crippen molar-refractivity contribution in [1.29, 1.82) is 0 Å². The van der Waals surface area contributed by atoms with Crippen LogP contribution in [0.5, 0.6) is 0 Å². The lowest BCUT2D eigenvalue weighted by Gasteiger charge is -2.21. The van der Waals surface area contributed by atoms with Crippen LogP contribution in [0.2, 0.25) is 5.02 Å². The highest BCUT2D eigenvalue weighted by Crippen LogP contribution is 2.25. The molecule has 4 N–H and O–H groups in total. The van der Waals surface area contributed by atoms with Crippen molar-refractivity contribution in [2.45, 2.75) is 18.9 Å². The lowest BCUT2D eigenvalue weighted by atomic mass is 10.0. The van der Waals surface area contributed by atoms with E-state index in [1.807, 2.05) is 0 Å². The van der Waals surface area contributed by atoms with Crippen LogP contribution in [0.3, 0.4) is 0 Å². The smallest absolute Gasteiger partial charge is 0.319 e. The van der Waals surface area contributed by atoms with Crippen molar-refractivity contribution in [2.75, 3.05) is 11.9 Å². The van der Waals surface area contributed by atoms with Crippen LogP contribution < -0.4 is 10.6 Å². The van der Waals surface area contributed by atoms with Crippen LogP contribution in [0.4, 0.5) is 10.5 Å². The summed E-state index contributed by atoms with van der Waals surface area (Å²) in [5, 5.41) is 23.7. The van der Waals surface area contributed by atoms with Gasteiger partial charge in [-0.3, -0.25) is 4.79 Å². The Kier molecular flexibility index (Phi) is 5.79. The summed E-state index contributed by atoms with van der Waals surface area (Å²) in [6, 6.07) is 4.32. The fraction of sp³-hybridized carbons (Fsp3) is 0.333. The van der Waals surface area contributed by atoms with Crippen molar-refractivity contribution in [3.05, 3.63) is 27.7 Å². The molecule has 0 aliphatic heterocycles. The largest absolute Gasteiger partial charge is 0.481 e. The van der Waals surface area contributed by atoms with Gasteiger partial charge in [-0.15, -0.1) is 0 Å². The summed E-state index contributed by atoms with van der Waals surface area (Å²) in [6.45, 7) is 1.14. The number of aliphatic hydroxyl groups is 1. The predicted octanol–water partition coefficient (Wildman–Crippen LogP) is 2.45. The predicted molar refractivity (Wildman–Crippen MR) is 79.1 cm³/mol. The molecule has 1 unspecified atom stereocenters. The fourth-order valence-electron chi connectivity index (χ4n) is 1.42. The zero-order chi connectivity index (χ0) is 15.3. The van der Waals surface area contributed by atoms with Crippen LogP contribution in [0.15, 0.2) is 22.7 Å². The van der Waals surface area contributed by atoms with Gasteiger partial charge in [-0.1, -0.05) is 11.6 Å². The number of carbonyl (C=O) groups excluding carboxylic acids is 1. The Morgan fingerprint density at radius 3 is 2.70 bits per heavy atom. The first-order valence-corrected chi connectivity index (χ1v) is 6.81. The third-order valence-electron chi connectivity index (χ3n) is 2.34. The number of nitrogens with one attached hydrogen (secondary N) is 2. The van der Waals surface area contributed by atoms with Gasteiger partial charge in [0.05, 0.1) is 17.7 Å². The first-order valence-electron chi connectivity index (χ1n) is 5.64. The van der Waals surface area contributed by atoms with Crippen LogP contribution >= 0.6 is 27.5 Å². The molecule has 2 amide bonds. The number of amides is 2. The molecule has 0 aliphatic rings. The van der Waals surface area contributed by atoms with E-state index in [9.17, 15) is 14.7 Å². The van der Waals surface area contributed by atoms with Gasteiger partial charge in [0.2, 0.25) is 0 Å². The molecule has 20 heavy (non-hydrogen) atoms. The second-order valence-electron chi connectivity index (χ2n) is 4.50. The summed E-state index contributed by atoms with van der Waals surface area (Å²) in [5.41, 5.74) is -1.05. The van der Waals surface area contributed by atoms with Gasteiger partial charge in [0, 0.05) is 16.0 Å². The van der Waals surface area contributed by atoms with Crippen molar-refractivity contribution in [3.63, 3.8) is 0 Å². The maximum atomic E-state index is 11.7. The number of halogens is 2. The summed E-state index contributed by atoms with van der Waals surface area (Å²) in [4.78, 5) is 22.2. The summed E-state index contributed by atoms with van der Waals surface area (Å²) in [5.74, 6) is -1.14. The van der Waals surface area contributed by atoms with E-state index in [1.54, 1.807) is 18.2 Å². The van der Waals surface area contributed by atoms with E-state index in [1.165, 1.54) is 6.92 Å². The highest BCUT2D eigenvalue weighted by atomic mass is 79.9. The summed E-state index contributed by atoms with van der Waals surface area (Å²) in [6.07, 6.45) is -0.464. The number of benzene rings is 1. The van der Waals surface area contributed by atoms with Crippen molar-refractivity contribution in [3.8, 4) is 0 Å². The Hall–Kier alpha value is -1.31. The molecule has 1 rings (SSSR count). The van der Waals surface area contributed by atoms with Crippen molar-refractivity contribution in [1.82, 2.24) is 5.32 Å². The SMILES string of the molecule is CC(O)(CNC(=O)Nc1cc(Cl)ccc1Br)CC(=O)O. The van der Waals surface area contributed by atoms with E-state index in [4.69, 9.17) is 16.7 Å². The quantitative estimate of drug-likeness (QED) is 0.644. The third kappa shape index (κ3) is 5.77. The highest BCUT2D eigenvalue weighted by Gasteiger charge is 2.24. The van der Waals surface area contributed by atoms with Crippen molar-refractivity contribution >= 4 is 45.2 Å². The molecule has 0 heterocycles. The maximum absolute atomic E-state index is 11.7. The molecule has 1 atom stereocenters. The molecule has 1 aromatic carbocycles. The number of hydrogen-bond acceptors (Lipinski definition) is 3. The molecule has 0 spiro atoms. The molecule has 0 radical (unpaired) electrons. The number of anilines is 1. The highest BCUT2D eigenvalue weighted by molar-refractivity contribution is 9.10. The molecular formula is C12H14BrClN2O4. The van der Waals surface area contributed by atoms with Gasteiger partial charge in [0.15, 0.2) is 0 Å². The molecule has 0 aliphatic carbocycles. The van der Waals surface area contributed by atoms with Crippen molar-refractivity contribution < 1.29 is 19.8 Å². The Labute approximate surface area is 129 Å². The summed E-state index contributed by atoms with van der Waals surface area (Å²) in [7, 11) is 0. The number of carbonyl (C=O) groups is 2. The molecule has 0 saturated carbocycles. The Morgan fingerprint density at radius 2 is 2.10 bits per heavy atom. The first kappa shape index (κ1) is 16.7. The van der Waals surface area contributed by atoms with Crippen LogP contribution in [0, 0.1) is 0 Å². The molecule has 0 bridgehead atoms. The van der Waals surface area contributed by atoms with Gasteiger partial charge in [-0.2, -0.15) is 0 Å². The number of hydrogen-bond donors (Lipinski definition) is 4. The molecule has 0 fully saturated rings. The Bertz CT molecular complexity index is 522. The fourth-order valence-corrected chi connectivity index (χ4v) is 1.94. The second-order valence-corrected chi connectivity index (χ2v) is 5.79. The summed E-state index contributed by atoms with van der Waals surface area (Å²) >= 11 is 9.06. The van der Waals surface area contributed by atoms with E-state index in [0.29, 0.717) is 15.2 Å². The van der Waals surface area contributed by atoms with Gasteiger partial charge in [-0.05, 0) is 41.1 Å². The van der Waals surface area contributed by atoms with Gasteiger partial charge in [-0.25, -0.2) is 4.79 Å². The molecule has 0 saturated heterocycles. The average molecular weight is 366 g/mol. The minimum Gasteiger partial charge on any atom is -0.481 e. The molecule has 8 heteroatoms. The molecule has 110 valence electrons. The lowest BCUT2D eigenvalue weighted by Crippen LogP contribution is -2.43. The van der Waals surface area contributed by atoms with Crippen LogP contribution in [-0.2, 0) is 4.79 Å². The first-order chi connectivity index (χ1) is 9.19. The molecule has 0 aromatic heterocycles. The topological polar surface area (TPSA) is 98.7 Å². The molecule has 1 aromatic rings. The summed E-state index contributed by atoms with van der Waals surface area (Å²) < 4.78 is 0.648. The third-order valence-corrected chi connectivity index (χ3v) is 3.27. The molecular weight excluding hydrogens is 351 g/mol. The molecule has 6 nitrogen and oxygen atoms in total. The zero-order valence-corrected chi connectivity index (χ0v) is 13.0. The number of urea groups is 1. The van der Waals surface area contributed by atoms with E-state index in [-0.39, 0.29) is 6.54 Å². The monoisotopic (exact) mass is 364 g/mol. The number of carboxylic acids is 1. The Morgan fingerprint density at radius 1 is 1.45 bits per heavy atom. The van der Waals surface area contributed by atoms with Crippen molar-refractivity contribution in [2.24, 2.45) is 0 Å². The van der Waals surface area contributed by atoms with Gasteiger partial charge < -0.3 is 20.8 Å². The minimum absolute atomic E-state index is 0.191. The lowest BCUT2D eigenvalue weighted by molar-refractivity contribution is -0.141. The van der Waals surface area contributed by atoms with E-state index in [0.717, 1.165) is 0 Å². The number of carboxylic acid groups (broad SMARTS) is 1.